The number of rotatable bonds is 6. The molecule has 13 heteroatoms. The van der Waals surface area contributed by atoms with E-state index in [1.807, 2.05) is 11.1 Å². The van der Waals surface area contributed by atoms with Crippen molar-refractivity contribution in [2.45, 2.75) is 71.1 Å². The number of amides is 1. The lowest BCUT2D eigenvalue weighted by Gasteiger charge is -2.30. The van der Waals surface area contributed by atoms with Gasteiger partial charge < -0.3 is 19.7 Å². The van der Waals surface area contributed by atoms with E-state index in [0.29, 0.717) is 24.9 Å². The second kappa shape index (κ2) is 10.4. The van der Waals surface area contributed by atoms with Crippen LogP contribution in [-0.4, -0.2) is 50.3 Å². The first-order valence-corrected chi connectivity index (χ1v) is 14.4. The minimum absolute atomic E-state index is 0.104. The first-order valence-electron chi connectivity index (χ1n) is 13.6. The topological polar surface area (TPSA) is 92.1 Å². The number of halogens is 3. The van der Waals surface area contributed by atoms with Crippen molar-refractivity contribution in [1.29, 1.82) is 0 Å². The first kappa shape index (κ1) is 26.0. The molecule has 2 fully saturated rings. The van der Waals surface area contributed by atoms with E-state index in [0.717, 1.165) is 71.8 Å². The quantitative estimate of drug-likeness (QED) is 0.468. The minimum Gasteiger partial charge on any atom is -0.347 e. The molecule has 3 aliphatic rings. The van der Waals surface area contributed by atoms with Crippen molar-refractivity contribution in [2.24, 2.45) is 5.92 Å². The number of thiophene rings is 1. The Morgan fingerprint density at radius 1 is 1.13 bits per heavy atom. The van der Waals surface area contributed by atoms with Crippen LogP contribution in [0.3, 0.4) is 0 Å². The van der Waals surface area contributed by atoms with Gasteiger partial charge in [-0.25, -0.2) is 4.98 Å². The van der Waals surface area contributed by atoms with Crippen LogP contribution in [0, 0.1) is 5.92 Å². The molecular weight excluding hydrogens is 529 g/mol. The Morgan fingerprint density at radius 3 is 2.72 bits per heavy atom. The molecule has 6 rings (SSSR count). The van der Waals surface area contributed by atoms with E-state index in [2.05, 4.69) is 33.4 Å². The van der Waals surface area contributed by atoms with Gasteiger partial charge in [-0.3, -0.25) is 4.79 Å². The average molecular weight is 561 g/mol. The summed E-state index contributed by atoms with van der Waals surface area (Å²) in [6.07, 6.45) is 4.20. The Bertz CT molecular complexity index is 1410. The van der Waals surface area contributed by atoms with Crippen LogP contribution < -0.4 is 15.1 Å². The molecule has 0 spiro atoms. The molecule has 0 atom stereocenters. The summed E-state index contributed by atoms with van der Waals surface area (Å²) >= 11 is 1.64. The van der Waals surface area contributed by atoms with Crippen LogP contribution in [0.1, 0.15) is 62.0 Å². The molecular formula is C26H31F3N8OS. The number of anilines is 2. The van der Waals surface area contributed by atoms with E-state index < -0.39 is 12.0 Å². The van der Waals surface area contributed by atoms with Crippen LogP contribution >= 0.6 is 11.3 Å². The van der Waals surface area contributed by atoms with Crippen molar-refractivity contribution in [3.8, 4) is 0 Å². The van der Waals surface area contributed by atoms with Gasteiger partial charge in [-0.1, -0.05) is 26.2 Å². The SMILES string of the molecule is CCCc1cc2c(N3CCn4c(nnc4C(F)(F)F)C3)nc(N3CC/C(=C\NC(=O)C4CCCC4)C3)nc2s1. The predicted octanol–water partition coefficient (Wildman–Crippen LogP) is 4.67. The second-order valence-corrected chi connectivity index (χ2v) is 11.6. The summed E-state index contributed by atoms with van der Waals surface area (Å²) < 4.78 is 41.2. The van der Waals surface area contributed by atoms with E-state index in [4.69, 9.17) is 9.97 Å². The summed E-state index contributed by atoms with van der Waals surface area (Å²) in [7, 11) is 0. The molecule has 39 heavy (non-hydrogen) atoms. The normalized spacial score (nSPS) is 19.4. The molecule has 1 aliphatic carbocycles. The third-order valence-corrected chi connectivity index (χ3v) is 8.83. The number of alkyl halides is 3. The Morgan fingerprint density at radius 2 is 1.95 bits per heavy atom. The third-order valence-electron chi connectivity index (χ3n) is 7.74. The predicted molar refractivity (Wildman–Crippen MR) is 142 cm³/mol. The lowest BCUT2D eigenvalue weighted by Crippen LogP contribution is -2.36. The molecule has 1 saturated heterocycles. The highest BCUT2D eigenvalue weighted by atomic mass is 32.1. The van der Waals surface area contributed by atoms with E-state index in [9.17, 15) is 18.0 Å². The lowest BCUT2D eigenvalue weighted by molar-refractivity contribution is -0.147. The minimum atomic E-state index is -4.54. The van der Waals surface area contributed by atoms with Crippen molar-refractivity contribution in [2.75, 3.05) is 29.4 Å². The highest BCUT2D eigenvalue weighted by molar-refractivity contribution is 7.18. The molecule has 5 heterocycles. The van der Waals surface area contributed by atoms with Crippen molar-refractivity contribution in [3.05, 3.63) is 34.4 Å². The van der Waals surface area contributed by atoms with Crippen molar-refractivity contribution in [1.82, 2.24) is 30.0 Å². The molecule has 0 aromatic carbocycles. The van der Waals surface area contributed by atoms with Crippen LogP contribution in [0.15, 0.2) is 17.8 Å². The molecule has 208 valence electrons. The van der Waals surface area contributed by atoms with Gasteiger partial charge >= 0.3 is 6.18 Å². The summed E-state index contributed by atoms with van der Waals surface area (Å²) in [5, 5.41) is 11.2. The fourth-order valence-electron chi connectivity index (χ4n) is 5.70. The fraction of sp³-hybridized carbons (Fsp3) is 0.577. The zero-order valence-electron chi connectivity index (χ0n) is 21.8. The lowest BCUT2D eigenvalue weighted by atomic mass is 10.1. The summed E-state index contributed by atoms with van der Waals surface area (Å²) in [5.41, 5.74) is 1.12. The third kappa shape index (κ3) is 5.20. The standard InChI is InChI=1S/C26H31F3N8OS/c1-2-5-18-12-19-21(35-10-11-37-20(15-35)33-34-24(37)26(27,28)29)31-25(32-23(19)39-18)36-9-8-16(14-36)13-30-22(38)17-6-3-4-7-17/h12-13,17H,2-11,14-15H2,1H3,(H,30,38)/b16-13+. The number of aryl methyl sites for hydroxylation is 1. The highest BCUT2D eigenvalue weighted by Gasteiger charge is 2.40. The van der Waals surface area contributed by atoms with Gasteiger partial charge in [-0.15, -0.1) is 21.5 Å². The zero-order chi connectivity index (χ0) is 27.1. The fourth-order valence-corrected chi connectivity index (χ4v) is 6.81. The molecule has 1 N–H and O–H groups in total. The molecule has 1 saturated carbocycles. The van der Waals surface area contributed by atoms with E-state index in [1.165, 1.54) is 4.88 Å². The molecule has 1 amide bonds. The number of carbonyl (C=O) groups excluding carboxylic acids is 1. The van der Waals surface area contributed by atoms with Crippen LogP contribution in [0.5, 0.6) is 0 Å². The number of nitrogens with one attached hydrogen (secondary N) is 1. The van der Waals surface area contributed by atoms with Gasteiger partial charge in [0.05, 0.1) is 11.9 Å². The molecule has 0 radical (unpaired) electrons. The van der Waals surface area contributed by atoms with Crippen LogP contribution in [0.2, 0.25) is 0 Å². The van der Waals surface area contributed by atoms with Gasteiger partial charge in [-0.2, -0.15) is 18.2 Å². The maximum Gasteiger partial charge on any atom is 0.451 e. The van der Waals surface area contributed by atoms with Crippen LogP contribution in [0.25, 0.3) is 10.2 Å². The van der Waals surface area contributed by atoms with Crippen molar-refractivity contribution < 1.29 is 18.0 Å². The van der Waals surface area contributed by atoms with Crippen molar-refractivity contribution in [3.63, 3.8) is 0 Å². The Hall–Kier alpha value is -3.22. The summed E-state index contributed by atoms with van der Waals surface area (Å²) in [6, 6.07) is 2.11. The zero-order valence-corrected chi connectivity index (χ0v) is 22.6. The van der Waals surface area contributed by atoms with Gasteiger partial charge in [0.15, 0.2) is 5.82 Å². The maximum atomic E-state index is 13.4. The highest BCUT2D eigenvalue weighted by Crippen LogP contribution is 2.37. The number of fused-ring (bicyclic) bond motifs is 2. The second-order valence-electron chi connectivity index (χ2n) is 10.5. The largest absolute Gasteiger partial charge is 0.451 e. The van der Waals surface area contributed by atoms with Crippen molar-refractivity contribution >= 4 is 39.2 Å². The Kier molecular flexibility index (Phi) is 6.94. The van der Waals surface area contributed by atoms with E-state index >= 15 is 0 Å². The number of hydrogen-bond acceptors (Lipinski definition) is 8. The molecule has 0 unspecified atom stereocenters. The molecule has 3 aromatic heterocycles. The molecule has 2 aliphatic heterocycles. The smallest absolute Gasteiger partial charge is 0.347 e. The molecule has 3 aromatic rings. The van der Waals surface area contributed by atoms with E-state index in [-0.39, 0.29) is 30.7 Å². The van der Waals surface area contributed by atoms with Crippen LogP contribution in [0.4, 0.5) is 24.9 Å². The molecule has 9 nitrogen and oxygen atoms in total. The maximum absolute atomic E-state index is 13.4. The summed E-state index contributed by atoms with van der Waals surface area (Å²) in [5.74, 6) is 0.843. The van der Waals surface area contributed by atoms with Gasteiger partial charge in [0.1, 0.15) is 10.6 Å². The van der Waals surface area contributed by atoms with E-state index in [1.54, 1.807) is 11.3 Å². The average Bonchev–Trinajstić information content (AvgIpc) is 3.71. The first-order chi connectivity index (χ1) is 18.8. The van der Waals surface area contributed by atoms with Gasteiger partial charge in [0, 0.05) is 43.2 Å². The van der Waals surface area contributed by atoms with Gasteiger partial charge in [-0.05, 0) is 37.3 Å². The number of aromatic nitrogens is 5. The number of hydrogen-bond donors (Lipinski definition) is 1. The summed E-state index contributed by atoms with van der Waals surface area (Å²) in [6.45, 7) is 4.14. The van der Waals surface area contributed by atoms with Crippen LogP contribution in [-0.2, 0) is 30.5 Å². The number of nitrogens with zero attached hydrogens (tertiary/aromatic N) is 7. The summed E-state index contributed by atoms with van der Waals surface area (Å²) in [4.78, 5) is 28.5. The Balaban J connectivity index is 1.26. The monoisotopic (exact) mass is 560 g/mol. The Labute approximate surface area is 228 Å². The van der Waals surface area contributed by atoms with Gasteiger partial charge in [0.25, 0.3) is 0 Å². The number of carbonyl (C=O) groups is 1. The van der Waals surface area contributed by atoms with Gasteiger partial charge in [0.2, 0.25) is 17.7 Å². The molecule has 0 bridgehead atoms.